The van der Waals surface area contributed by atoms with E-state index in [2.05, 4.69) is 15.2 Å². The van der Waals surface area contributed by atoms with Gasteiger partial charge in [0.05, 0.1) is 10.6 Å². The SMILES string of the molecule is CN(C)C(=NCc1nnc2c(Cl)cc(C(F)(F)F)cn12)N(C)C. The lowest BCUT2D eigenvalue weighted by Gasteiger charge is -2.22. The standard InChI is InChI=1S/C13H16ClF3N6/c1-21(2)12(22(3)4)18-6-10-19-20-11-9(14)5-8(7-23(10)11)13(15,16)17/h5,7H,6H2,1-4H3. The highest BCUT2D eigenvalue weighted by molar-refractivity contribution is 6.33. The van der Waals surface area contributed by atoms with Gasteiger partial charge < -0.3 is 9.80 Å². The molecule has 0 aliphatic rings. The summed E-state index contributed by atoms with van der Waals surface area (Å²) in [7, 11) is 7.28. The Kier molecular flexibility index (Phi) is 4.69. The minimum absolute atomic E-state index is 0.0739. The van der Waals surface area contributed by atoms with Crippen molar-refractivity contribution in [3.8, 4) is 0 Å². The molecule has 0 aliphatic carbocycles. The fourth-order valence-corrected chi connectivity index (χ4v) is 2.33. The van der Waals surface area contributed by atoms with Crippen LogP contribution in [-0.4, -0.2) is 58.5 Å². The van der Waals surface area contributed by atoms with Crippen molar-refractivity contribution in [2.45, 2.75) is 12.7 Å². The molecule has 0 unspecified atom stereocenters. The highest BCUT2D eigenvalue weighted by Crippen LogP contribution is 2.32. The molecule has 126 valence electrons. The molecule has 0 spiro atoms. The second-order valence-electron chi connectivity index (χ2n) is 5.29. The number of hydrogen-bond donors (Lipinski definition) is 0. The van der Waals surface area contributed by atoms with Gasteiger partial charge in [-0.2, -0.15) is 13.2 Å². The van der Waals surface area contributed by atoms with Crippen molar-refractivity contribution in [3.05, 3.63) is 28.7 Å². The maximum absolute atomic E-state index is 12.9. The van der Waals surface area contributed by atoms with E-state index in [1.165, 1.54) is 4.40 Å². The lowest BCUT2D eigenvalue weighted by molar-refractivity contribution is -0.137. The molecule has 0 N–H and O–H groups in total. The van der Waals surface area contributed by atoms with Crippen molar-refractivity contribution >= 4 is 23.2 Å². The third-order valence-corrected chi connectivity index (χ3v) is 3.30. The van der Waals surface area contributed by atoms with Crippen LogP contribution in [0.4, 0.5) is 13.2 Å². The summed E-state index contributed by atoms with van der Waals surface area (Å²) >= 11 is 5.87. The molecule has 0 bridgehead atoms. The van der Waals surface area contributed by atoms with Crippen LogP contribution in [0.3, 0.4) is 0 Å². The van der Waals surface area contributed by atoms with E-state index in [4.69, 9.17) is 11.6 Å². The summed E-state index contributed by atoms with van der Waals surface area (Å²) in [5.41, 5.74) is -0.693. The normalized spacial score (nSPS) is 11.7. The molecular weight excluding hydrogens is 333 g/mol. The second kappa shape index (κ2) is 6.23. The zero-order valence-electron chi connectivity index (χ0n) is 13.1. The first-order valence-electron chi connectivity index (χ1n) is 6.60. The van der Waals surface area contributed by atoms with Gasteiger partial charge in [-0.25, -0.2) is 4.99 Å². The molecule has 2 heterocycles. The van der Waals surface area contributed by atoms with E-state index in [1.54, 1.807) is 9.80 Å². The number of fused-ring (bicyclic) bond motifs is 1. The summed E-state index contributed by atoms with van der Waals surface area (Å²) in [4.78, 5) is 7.94. The quantitative estimate of drug-likeness (QED) is 0.617. The highest BCUT2D eigenvalue weighted by atomic mass is 35.5. The van der Waals surface area contributed by atoms with Gasteiger partial charge in [0.25, 0.3) is 0 Å². The van der Waals surface area contributed by atoms with Gasteiger partial charge in [-0.15, -0.1) is 10.2 Å². The molecule has 23 heavy (non-hydrogen) atoms. The Balaban J connectivity index is 2.46. The predicted octanol–water partition coefficient (Wildman–Crippen LogP) is 2.38. The van der Waals surface area contributed by atoms with Crippen LogP contribution in [-0.2, 0) is 12.7 Å². The number of aromatic nitrogens is 3. The zero-order valence-corrected chi connectivity index (χ0v) is 13.8. The number of rotatable bonds is 2. The van der Waals surface area contributed by atoms with Gasteiger partial charge >= 0.3 is 6.18 Å². The lowest BCUT2D eigenvalue weighted by Crippen LogP contribution is -2.35. The molecule has 0 amide bonds. The minimum Gasteiger partial charge on any atom is -0.349 e. The van der Waals surface area contributed by atoms with Crippen LogP contribution in [0.1, 0.15) is 11.4 Å². The summed E-state index contributed by atoms with van der Waals surface area (Å²) in [6, 6.07) is 0.837. The molecule has 0 radical (unpaired) electrons. The first-order valence-corrected chi connectivity index (χ1v) is 6.98. The van der Waals surface area contributed by atoms with Crippen LogP contribution in [0.25, 0.3) is 5.65 Å². The number of hydrogen-bond acceptors (Lipinski definition) is 3. The van der Waals surface area contributed by atoms with Crippen LogP contribution >= 0.6 is 11.6 Å². The fraction of sp³-hybridized carbons (Fsp3) is 0.462. The molecule has 0 atom stereocenters. The smallest absolute Gasteiger partial charge is 0.349 e. The van der Waals surface area contributed by atoms with Crippen LogP contribution in [0, 0.1) is 0 Å². The maximum atomic E-state index is 12.9. The monoisotopic (exact) mass is 348 g/mol. The summed E-state index contributed by atoms with van der Waals surface area (Å²) in [6.45, 7) is 0.0739. The summed E-state index contributed by atoms with van der Waals surface area (Å²) in [5, 5.41) is 7.60. The van der Waals surface area contributed by atoms with Crippen LogP contribution in [0.5, 0.6) is 0 Å². The van der Waals surface area contributed by atoms with Crippen molar-refractivity contribution in [2.24, 2.45) is 4.99 Å². The first-order chi connectivity index (χ1) is 10.6. The van der Waals surface area contributed by atoms with Crippen LogP contribution < -0.4 is 0 Å². The molecule has 2 aromatic heterocycles. The van der Waals surface area contributed by atoms with Gasteiger partial charge in [-0.05, 0) is 6.07 Å². The molecule has 2 aromatic rings. The molecule has 0 aromatic carbocycles. The Labute approximate surface area is 136 Å². The maximum Gasteiger partial charge on any atom is 0.417 e. The van der Waals surface area contributed by atoms with E-state index in [-0.39, 0.29) is 23.0 Å². The topological polar surface area (TPSA) is 49.0 Å². The van der Waals surface area contributed by atoms with Crippen LogP contribution in [0.2, 0.25) is 5.02 Å². The number of alkyl halides is 3. The Hall–Kier alpha value is -2.03. The Morgan fingerprint density at radius 3 is 2.35 bits per heavy atom. The molecule has 0 aliphatic heterocycles. The molecule has 0 saturated carbocycles. The van der Waals surface area contributed by atoms with Crippen molar-refractivity contribution in [1.82, 2.24) is 24.4 Å². The molecular formula is C13H16ClF3N6. The first kappa shape index (κ1) is 17.3. The Morgan fingerprint density at radius 2 is 1.83 bits per heavy atom. The van der Waals surface area contributed by atoms with Crippen molar-refractivity contribution in [3.63, 3.8) is 0 Å². The Bertz CT molecular complexity index is 725. The number of pyridine rings is 1. The van der Waals surface area contributed by atoms with Crippen LogP contribution in [0.15, 0.2) is 17.3 Å². The van der Waals surface area contributed by atoms with Crippen molar-refractivity contribution in [2.75, 3.05) is 28.2 Å². The third kappa shape index (κ3) is 3.66. The van der Waals surface area contributed by atoms with Gasteiger partial charge in [0, 0.05) is 34.4 Å². The van der Waals surface area contributed by atoms with Gasteiger partial charge in [-0.1, -0.05) is 11.6 Å². The minimum atomic E-state index is -4.50. The van der Waals surface area contributed by atoms with Gasteiger partial charge in [-0.3, -0.25) is 4.40 Å². The number of aliphatic imine (C=N–C) groups is 1. The number of nitrogens with zero attached hydrogens (tertiary/aromatic N) is 6. The summed E-state index contributed by atoms with van der Waals surface area (Å²) < 4.78 is 39.9. The van der Waals surface area contributed by atoms with Gasteiger partial charge in [0.2, 0.25) is 0 Å². The average Bonchev–Trinajstić information content (AvgIpc) is 2.81. The number of halogens is 4. The van der Waals surface area contributed by atoms with E-state index < -0.39 is 11.7 Å². The molecule has 2 rings (SSSR count). The van der Waals surface area contributed by atoms with E-state index in [1.807, 2.05) is 28.2 Å². The second-order valence-corrected chi connectivity index (χ2v) is 5.70. The fourth-order valence-electron chi connectivity index (χ4n) is 2.09. The third-order valence-electron chi connectivity index (χ3n) is 3.02. The summed E-state index contributed by atoms with van der Waals surface area (Å²) in [6.07, 6.45) is -3.57. The van der Waals surface area contributed by atoms with Crippen molar-refractivity contribution < 1.29 is 13.2 Å². The predicted molar refractivity (Wildman–Crippen MR) is 81.5 cm³/mol. The molecule has 6 nitrogen and oxygen atoms in total. The molecule has 10 heteroatoms. The van der Waals surface area contributed by atoms with E-state index in [9.17, 15) is 13.2 Å². The van der Waals surface area contributed by atoms with E-state index in [0.29, 0.717) is 5.96 Å². The van der Waals surface area contributed by atoms with Gasteiger partial charge in [0.1, 0.15) is 6.54 Å². The summed E-state index contributed by atoms with van der Waals surface area (Å²) in [5.74, 6) is 0.925. The average molecular weight is 349 g/mol. The number of guanidine groups is 1. The van der Waals surface area contributed by atoms with E-state index in [0.717, 1.165) is 12.3 Å². The highest BCUT2D eigenvalue weighted by Gasteiger charge is 2.32. The largest absolute Gasteiger partial charge is 0.417 e. The lowest BCUT2D eigenvalue weighted by atomic mass is 10.3. The molecule has 0 saturated heterocycles. The van der Waals surface area contributed by atoms with Crippen molar-refractivity contribution in [1.29, 1.82) is 0 Å². The Morgan fingerprint density at radius 1 is 1.22 bits per heavy atom. The zero-order chi connectivity index (χ0) is 17.4. The van der Waals surface area contributed by atoms with Gasteiger partial charge in [0.15, 0.2) is 17.4 Å². The van der Waals surface area contributed by atoms with E-state index >= 15 is 0 Å². The molecule has 0 fully saturated rings.